The Morgan fingerprint density at radius 2 is 1.60 bits per heavy atom. The maximum Gasteiger partial charge on any atom is 0.311 e. The van der Waals surface area contributed by atoms with Crippen LogP contribution >= 0.6 is 0 Å². The van der Waals surface area contributed by atoms with Crippen LogP contribution in [-0.4, -0.2) is 166 Å². The summed E-state index contributed by atoms with van der Waals surface area (Å²) in [6.07, 6.45) is -8.72. The van der Waals surface area contributed by atoms with Crippen molar-refractivity contribution in [2.45, 2.75) is 185 Å². The molecule has 3 saturated heterocycles. The molecule has 3 aliphatic heterocycles. The molecule has 53 heavy (non-hydrogen) atoms. The fourth-order valence-electron chi connectivity index (χ4n) is 8.71. The number of hydrogen-bond acceptors (Lipinski definition) is 14. The minimum atomic E-state index is -1.82. The van der Waals surface area contributed by atoms with E-state index in [1.165, 1.54) is 18.9 Å². The summed E-state index contributed by atoms with van der Waals surface area (Å²) in [7, 11) is 4.88. The number of cyclic esters (lactones) is 1. The van der Waals surface area contributed by atoms with Gasteiger partial charge in [0.05, 0.1) is 47.6 Å². The van der Waals surface area contributed by atoms with Crippen LogP contribution in [0.1, 0.15) is 94.9 Å². The Morgan fingerprint density at radius 3 is 2.17 bits per heavy atom. The van der Waals surface area contributed by atoms with E-state index in [1.54, 1.807) is 55.5 Å². The molecule has 18 atom stereocenters. The highest BCUT2D eigenvalue weighted by Gasteiger charge is 2.52. The molecule has 0 saturated carbocycles. The molecule has 15 heteroatoms. The highest BCUT2D eigenvalue weighted by molar-refractivity contribution is 5.73. The molecule has 310 valence electrons. The lowest BCUT2D eigenvalue weighted by Crippen LogP contribution is -2.60. The smallest absolute Gasteiger partial charge is 0.311 e. The van der Waals surface area contributed by atoms with E-state index in [0.29, 0.717) is 19.4 Å². The monoisotopic (exact) mass is 762 g/mol. The molecule has 0 radical (unpaired) electrons. The number of amides is 1. The van der Waals surface area contributed by atoms with Crippen LogP contribution in [0.4, 0.5) is 0 Å². The first-order valence-electron chi connectivity index (χ1n) is 19.2. The normalized spacial score (nSPS) is 48.6. The maximum absolute atomic E-state index is 14.2. The summed E-state index contributed by atoms with van der Waals surface area (Å²) in [5, 5.41) is 58.1. The number of esters is 1. The molecule has 5 N–H and O–H groups in total. The fourth-order valence-corrected chi connectivity index (χ4v) is 8.71. The maximum atomic E-state index is 14.2. The van der Waals surface area contributed by atoms with Gasteiger partial charge in [0.15, 0.2) is 12.6 Å². The van der Waals surface area contributed by atoms with E-state index in [0.717, 1.165) is 0 Å². The molecule has 3 rings (SSSR count). The summed E-state index contributed by atoms with van der Waals surface area (Å²) in [6, 6.07) is -1.19. The van der Waals surface area contributed by atoms with Crippen molar-refractivity contribution in [3.63, 3.8) is 0 Å². The summed E-state index contributed by atoms with van der Waals surface area (Å²) in [4.78, 5) is 29.2. The third-order valence-corrected chi connectivity index (χ3v) is 12.2. The summed E-state index contributed by atoms with van der Waals surface area (Å²) >= 11 is 0. The minimum absolute atomic E-state index is 0.101. The lowest BCUT2D eigenvalue weighted by molar-refractivity contribution is -0.317. The summed E-state index contributed by atoms with van der Waals surface area (Å²) in [6.45, 7) is 17.6. The topological polar surface area (TPSA) is 197 Å². The third kappa shape index (κ3) is 10.3. The van der Waals surface area contributed by atoms with Crippen LogP contribution in [0.3, 0.4) is 0 Å². The number of nitrogens with zero attached hydrogens (tertiary/aromatic N) is 2. The predicted octanol–water partition coefficient (Wildman–Crippen LogP) is 1.43. The number of hydrogen-bond donors (Lipinski definition) is 5. The van der Waals surface area contributed by atoms with Crippen LogP contribution in [0.2, 0.25) is 0 Å². The fraction of sp³-hybridized carbons (Fsp3) is 0.947. The minimum Gasteiger partial charge on any atom is -0.459 e. The Kier molecular flexibility index (Phi) is 15.7. The van der Waals surface area contributed by atoms with Gasteiger partial charge in [-0.1, -0.05) is 20.8 Å². The van der Waals surface area contributed by atoms with E-state index in [9.17, 15) is 35.1 Å². The van der Waals surface area contributed by atoms with E-state index >= 15 is 0 Å². The van der Waals surface area contributed by atoms with Gasteiger partial charge in [0.1, 0.15) is 30.0 Å². The first kappa shape index (κ1) is 45.9. The van der Waals surface area contributed by atoms with Crippen molar-refractivity contribution in [2.75, 3.05) is 27.7 Å². The Bertz CT molecular complexity index is 1190. The van der Waals surface area contributed by atoms with Gasteiger partial charge < -0.3 is 63.8 Å². The number of carbonyl (C=O) groups is 2. The number of aliphatic hydroxyl groups excluding tert-OH is 3. The second kappa shape index (κ2) is 18.2. The van der Waals surface area contributed by atoms with Gasteiger partial charge >= 0.3 is 5.97 Å². The van der Waals surface area contributed by atoms with E-state index in [4.69, 9.17) is 28.4 Å². The van der Waals surface area contributed by atoms with Gasteiger partial charge in [0.25, 0.3) is 0 Å². The predicted molar refractivity (Wildman–Crippen MR) is 194 cm³/mol. The van der Waals surface area contributed by atoms with Crippen LogP contribution < -0.4 is 0 Å². The molecule has 1 amide bonds. The number of rotatable bonds is 8. The Labute approximate surface area is 316 Å². The standard InChI is InChI=1S/C38H70N2O13/c1-14-27-38(10,47)31(43)24(6)39(11)18-20(2)16-36(8,46)33(53-35-29(42)26(40(12)19-41)15-21(3)49-35)22(4)30(23(5)34(45)51-27)52-28-17-37(9,48-13)32(44)25(7)50-28/h19-33,35,42-44,46-47H,14-18H2,1-13H3/t20-,21?,22+,23-,24-,25?,26?,27-,28?,29?,30?,31-,32?,33-,35?,36-,37?,38-/m0/s1. The van der Waals surface area contributed by atoms with Gasteiger partial charge in [-0.25, -0.2) is 0 Å². The zero-order valence-corrected chi connectivity index (χ0v) is 34.2. The lowest BCUT2D eigenvalue weighted by atomic mass is 9.77. The molecule has 3 aliphatic rings. The molecular formula is C38H70N2O13. The molecule has 0 spiro atoms. The van der Waals surface area contributed by atoms with Gasteiger partial charge in [0.2, 0.25) is 6.41 Å². The Morgan fingerprint density at radius 1 is 0.981 bits per heavy atom. The van der Waals surface area contributed by atoms with E-state index in [1.807, 2.05) is 25.8 Å². The van der Waals surface area contributed by atoms with Gasteiger partial charge in [-0.2, -0.15) is 0 Å². The summed E-state index contributed by atoms with van der Waals surface area (Å²) in [5.41, 5.74) is -4.50. The van der Waals surface area contributed by atoms with E-state index < -0.39 is 108 Å². The van der Waals surface area contributed by atoms with Crippen molar-refractivity contribution >= 4 is 12.4 Å². The van der Waals surface area contributed by atoms with Gasteiger partial charge in [0, 0.05) is 39.1 Å². The Balaban J connectivity index is 2.18. The molecule has 0 aromatic carbocycles. The average molecular weight is 763 g/mol. The molecule has 0 aromatic heterocycles. The summed E-state index contributed by atoms with van der Waals surface area (Å²) in [5.74, 6) is -2.78. The Hall–Kier alpha value is -1.50. The zero-order valence-electron chi connectivity index (χ0n) is 34.2. The van der Waals surface area contributed by atoms with Crippen molar-refractivity contribution in [1.29, 1.82) is 0 Å². The molecule has 0 aromatic rings. The van der Waals surface area contributed by atoms with Crippen LogP contribution in [0.25, 0.3) is 0 Å². The first-order chi connectivity index (χ1) is 24.4. The first-order valence-corrected chi connectivity index (χ1v) is 19.2. The molecule has 3 heterocycles. The van der Waals surface area contributed by atoms with Gasteiger partial charge in [-0.15, -0.1) is 0 Å². The van der Waals surface area contributed by atoms with Crippen LogP contribution in [-0.2, 0) is 38.0 Å². The van der Waals surface area contributed by atoms with Gasteiger partial charge in [-0.05, 0) is 80.7 Å². The van der Waals surface area contributed by atoms with Crippen LogP contribution in [0.5, 0.6) is 0 Å². The zero-order chi connectivity index (χ0) is 40.4. The largest absolute Gasteiger partial charge is 0.459 e. The molecule has 9 unspecified atom stereocenters. The molecule has 15 nitrogen and oxygen atoms in total. The van der Waals surface area contributed by atoms with Crippen LogP contribution in [0.15, 0.2) is 0 Å². The third-order valence-electron chi connectivity index (χ3n) is 12.2. The second-order valence-electron chi connectivity index (χ2n) is 17.0. The molecule has 0 bridgehead atoms. The molecular weight excluding hydrogens is 692 g/mol. The van der Waals surface area contributed by atoms with Crippen molar-refractivity contribution < 1.29 is 63.5 Å². The highest BCUT2D eigenvalue weighted by Crippen LogP contribution is 2.40. The molecule has 0 aliphatic carbocycles. The number of aliphatic hydroxyl groups is 5. The number of likely N-dealkylation sites (N-methyl/N-ethyl adjacent to an activating group) is 2. The van der Waals surface area contributed by atoms with Crippen molar-refractivity contribution in [1.82, 2.24) is 9.80 Å². The molecule has 3 fully saturated rings. The van der Waals surface area contributed by atoms with E-state index in [2.05, 4.69) is 0 Å². The van der Waals surface area contributed by atoms with Crippen molar-refractivity contribution in [3.8, 4) is 0 Å². The second-order valence-corrected chi connectivity index (χ2v) is 17.0. The number of ether oxygens (including phenoxy) is 6. The van der Waals surface area contributed by atoms with E-state index in [-0.39, 0.29) is 25.2 Å². The average Bonchev–Trinajstić information content (AvgIpc) is 3.09. The van der Waals surface area contributed by atoms with Crippen molar-refractivity contribution in [3.05, 3.63) is 0 Å². The van der Waals surface area contributed by atoms with Crippen LogP contribution in [0, 0.1) is 17.8 Å². The van der Waals surface area contributed by atoms with Crippen molar-refractivity contribution in [2.24, 2.45) is 17.8 Å². The number of carbonyl (C=O) groups excluding carboxylic acids is 2. The quantitative estimate of drug-likeness (QED) is 0.176. The lowest BCUT2D eigenvalue weighted by Gasteiger charge is -2.48. The SMILES string of the molecule is CC[C@@H]1OC(=O)[C@@H](C)C(OC2CC(C)(OC)C(O)C(C)O2)[C@@H](C)[C@H](OC2OC(C)CC(N(C)C=O)C2O)[C@@](C)(O)C[C@H](C)CN(C)[C@@H](C)[C@H](O)[C@@]1(C)O. The van der Waals surface area contributed by atoms with Gasteiger partial charge in [-0.3, -0.25) is 9.59 Å². The highest BCUT2D eigenvalue weighted by atomic mass is 16.7. The number of methoxy groups -OCH3 is 1. The summed E-state index contributed by atoms with van der Waals surface area (Å²) < 4.78 is 37.3.